The molecule has 0 radical (unpaired) electrons. The van der Waals surface area contributed by atoms with Gasteiger partial charge in [0.1, 0.15) is 23.0 Å². The van der Waals surface area contributed by atoms with Gasteiger partial charge >= 0.3 is 5.97 Å². The van der Waals surface area contributed by atoms with Gasteiger partial charge in [-0.05, 0) is 61.0 Å². The Labute approximate surface area is 219 Å². The number of amides is 1. The Kier molecular flexibility index (Phi) is 7.66. The van der Waals surface area contributed by atoms with Gasteiger partial charge < -0.3 is 24.1 Å². The summed E-state index contributed by atoms with van der Waals surface area (Å²) in [5.41, 5.74) is 1.34. The van der Waals surface area contributed by atoms with Crippen LogP contribution in [0, 0.1) is 0 Å². The number of anilines is 1. The molecule has 1 amide bonds. The van der Waals surface area contributed by atoms with E-state index in [0.717, 1.165) is 0 Å². The summed E-state index contributed by atoms with van der Waals surface area (Å²) >= 11 is 0. The van der Waals surface area contributed by atoms with Crippen molar-refractivity contribution in [3.63, 3.8) is 0 Å². The van der Waals surface area contributed by atoms with Crippen molar-refractivity contribution in [2.75, 3.05) is 32.8 Å². The first kappa shape index (κ1) is 26.3. The van der Waals surface area contributed by atoms with Crippen molar-refractivity contribution in [1.29, 1.82) is 0 Å². The topological polar surface area (TPSA) is 112 Å². The van der Waals surface area contributed by atoms with Gasteiger partial charge in [-0.3, -0.25) is 14.5 Å². The number of benzene rings is 3. The first-order valence-electron chi connectivity index (χ1n) is 11.8. The molecule has 9 nitrogen and oxygen atoms in total. The smallest absolute Gasteiger partial charge is 0.338 e. The number of esters is 1. The fraction of sp³-hybridized carbons (Fsp3) is 0.207. The molecular formula is C29H27NO8. The average Bonchev–Trinajstić information content (AvgIpc) is 3.22. The number of carbonyl (C=O) groups is 3. The van der Waals surface area contributed by atoms with E-state index >= 15 is 0 Å². The zero-order valence-electron chi connectivity index (χ0n) is 21.4. The summed E-state index contributed by atoms with van der Waals surface area (Å²) in [6, 6.07) is 16.8. The predicted octanol–water partition coefficient (Wildman–Crippen LogP) is 4.52. The summed E-state index contributed by atoms with van der Waals surface area (Å²) in [5, 5.41) is 11.4. The van der Waals surface area contributed by atoms with Crippen LogP contribution in [-0.2, 0) is 14.3 Å². The zero-order valence-corrected chi connectivity index (χ0v) is 21.4. The molecule has 1 fully saturated rings. The highest BCUT2D eigenvalue weighted by molar-refractivity contribution is 6.51. The van der Waals surface area contributed by atoms with Gasteiger partial charge in [-0.1, -0.05) is 12.1 Å². The predicted molar refractivity (Wildman–Crippen MR) is 140 cm³/mol. The molecule has 1 saturated heterocycles. The molecule has 196 valence electrons. The molecule has 1 heterocycles. The Morgan fingerprint density at radius 2 is 1.50 bits per heavy atom. The number of ketones is 1. The van der Waals surface area contributed by atoms with E-state index in [9.17, 15) is 19.5 Å². The second-order valence-electron chi connectivity index (χ2n) is 8.28. The van der Waals surface area contributed by atoms with E-state index in [-0.39, 0.29) is 23.5 Å². The summed E-state index contributed by atoms with van der Waals surface area (Å²) in [4.78, 5) is 40.2. The Morgan fingerprint density at radius 1 is 0.868 bits per heavy atom. The van der Waals surface area contributed by atoms with Crippen molar-refractivity contribution < 1.29 is 38.4 Å². The fourth-order valence-corrected chi connectivity index (χ4v) is 4.31. The number of nitrogens with zero attached hydrogens (tertiary/aromatic N) is 1. The lowest BCUT2D eigenvalue weighted by atomic mass is 9.94. The Hall–Kier alpha value is -4.79. The van der Waals surface area contributed by atoms with Crippen LogP contribution in [0.4, 0.5) is 5.69 Å². The summed E-state index contributed by atoms with van der Waals surface area (Å²) in [6.45, 7) is 1.93. The summed E-state index contributed by atoms with van der Waals surface area (Å²) < 4.78 is 20.9. The van der Waals surface area contributed by atoms with Gasteiger partial charge in [0.2, 0.25) is 0 Å². The highest BCUT2D eigenvalue weighted by Gasteiger charge is 2.47. The van der Waals surface area contributed by atoms with Crippen LogP contribution in [-0.4, -0.2) is 50.7 Å². The number of hydrogen-bond donors (Lipinski definition) is 1. The molecule has 4 rings (SSSR count). The maximum absolute atomic E-state index is 13.4. The molecule has 1 unspecified atom stereocenters. The van der Waals surface area contributed by atoms with E-state index in [1.807, 2.05) is 0 Å². The third kappa shape index (κ3) is 4.78. The van der Waals surface area contributed by atoms with Crippen LogP contribution in [0.1, 0.15) is 34.5 Å². The van der Waals surface area contributed by atoms with Crippen LogP contribution >= 0.6 is 0 Å². The number of Topliss-reactive ketones (excluding diaryl/α,β-unsaturated/α-hetero) is 1. The molecule has 1 aliphatic rings. The van der Waals surface area contributed by atoms with Crippen LogP contribution in [0.5, 0.6) is 17.2 Å². The molecule has 3 aromatic rings. The van der Waals surface area contributed by atoms with Crippen molar-refractivity contribution in [1.82, 2.24) is 0 Å². The van der Waals surface area contributed by atoms with Gasteiger partial charge in [-0.25, -0.2) is 4.79 Å². The van der Waals surface area contributed by atoms with E-state index in [1.54, 1.807) is 61.5 Å². The number of ether oxygens (including phenoxy) is 4. The lowest BCUT2D eigenvalue weighted by Crippen LogP contribution is -2.29. The Morgan fingerprint density at radius 3 is 2.08 bits per heavy atom. The highest BCUT2D eigenvalue weighted by Crippen LogP contribution is 2.44. The van der Waals surface area contributed by atoms with E-state index < -0.39 is 29.5 Å². The minimum atomic E-state index is -0.971. The maximum atomic E-state index is 13.4. The Balaban J connectivity index is 1.89. The SMILES string of the molecule is CCOC(=O)c1ccc(N2C(=O)C(=O)/C(=C(\O)c3ccc(OC)cc3OC)C2c2ccc(OC)cc2)cc1. The van der Waals surface area contributed by atoms with E-state index in [4.69, 9.17) is 18.9 Å². The Bertz CT molecular complexity index is 1390. The molecule has 1 atom stereocenters. The summed E-state index contributed by atoms with van der Waals surface area (Å²) in [6.07, 6.45) is 0. The van der Waals surface area contributed by atoms with Crippen molar-refractivity contribution >= 4 is 29.1 Å². The molecular weight excluding hydrogens is 490 g/mol. The number of methoxy groups -OCH3 is 3. The minimum absolute atomic E-state index is 0.113. The molecule has 3 aromatic carbocycles. The third-order valence-corrected chi connectivity index (χ3v) is 6.20. The van der Waals surface area contributed by atoms with Gasteiger partial charge in [0.05, 0.1) is 50.7 Å². The van der Waals surface area contributed by atoms with Gasteiger partial charge in [0.15, 0.2) is 0 Å². The molecule has 38 heavy (non-hydrogen) atoms. The van der Waals surface area contributed by atoms with Crippen LogP contribution in [0.2, 0.25) is 0 Å². The lowest BCUT2D eigenvalue weighted by molar-refractivity contribution is -0.132. The van der Waals surface area contributed by atoms with E-state index in [1.165, 1.54) is 38.4 Å². The van der Waals surface area contributed by atoms with Gasteiger partial charge in [0, 0.05) is 11.8 Å². The normalized spacial score (nSPS) is 16.3. The number of rotatable bonds is 8. The molecule has 1 aliphatic heterocycles. The molecule has 0 aromatic heterocycles. The van der Waals surface area contributed by atoms with Crippen LogP contribution in [0.25, 0.3) is 5.76 Å². The summed E-state index contributed by atoms with van der Waals surface area (Å²) in [5.74, 6) is -1.25. The van der Waals surface area contributed by atoms with Crippen LogP contribution in [0.3, 0.4) is 0 Å². The van der Waals surface area contributed by atoms with E-state index in [0.29, 0.717) is 28.3 Å². The second-order valence-corrected chi connectivity index (χ2v) is 8.28. The fourth-order valence-electron chi connectivity index (χ4n) is 4.31. The molecule has 1 N–H and O–H groups in total. The molecule has 0 bridgehead atoms. The quantitative estimate of drug-likeness (QED) is 0.201. The number of hydrogen-bond acceptors (Lipinski definition) is 8. The summed E-state index contributed by atoms with van der Waals surface area (Å²) in [7, 11) is 4.45. The van der Waals surface area contributed by atoms with Gasteiger partial charge in [-0.15, -0.1) is 0 Å². The van der Waals surface area contributed by atoms with Crippen LogP contribution < -0.4 is 19.1 Å². The first-order valence-corrected chi connectivity index (χ1v) is 11.8. The number of aliphatic hydroxyl groups is 1. The minimum Gasteiger partial charge on any atom is -0.507 e. The standard InChI is InChI=1S/C29H27NO8/c1-5-38-29(34)18-6-10-19(11-7-18)30-25(17-8-12-20(35-2)13-9-17)24(27(32)28(30)33)26(31)22-15-14-21(36-3)16-23(22)37-4/h6-16,25,31H,5H2,1-4H3/b26-24-. The van der Waals surface area contributed by atoms with E-state index in [2.05, 4.69) is 0 Å². The molecule has 0 saturated carbocycles. The monoisotopic (exact) mass is 517 g/mol. The second kappa shape index (κ2) is 11.1. The van der Waals surface area contributed by atoms with Crippen molar-refractivity contribution in [2.24, 2.45) is 0 Å². The molecule has 0 spiro atoms. The van der Waals surface area contributed by atoms with Crippen molar-refractivity contribution in [2.45, 2.75) is 13.0 Å². The van der Waals surface area contributed by atoms with Crippen molar-refractivity contribution in [3.05, 3.63) is 89.0 Å². The number of carbonyl (C=O) groups excluding carboxylic acids is 3. The van der Waals surface area contributed by atoms with Gasteiger partial charge in [-0.2, -0.15) is 0 Å². The highest BCUT2D eigenvalue weighted by atomic mass is 16.5. The van der Waals surface area contributed by atoms with Gasteiger partial charge in [0.25, 0.3) is 11.7 Å². The van der Waals surface area contributed by atoms with Crippen molar-refractivity contribution in [3.8, 4) is 17.2 Å². The number of aliphatic hydroxyl groups excluding tert-OH is 1. The average molecular weight is 518 g/mol. The largest absolute Gasteiger partial charge is 0.507 e. The maximum Gasteiger partial charge on any atom is 0.338 e. The molecule has 9 heteroatoms. The first-order chi connectivity index (χ1) is 18.3. The lowest BCUT2D eigenvalue weighted by Gasteiger charge is -2.26. The third-order valence-electron chi connectivity index (χ3n) is 6.20. The zero-order chi connectivity index (χ0) is 27.4. The molecule has 0 aliphatic carbocycles. The van der Waals surface area contributed by atoms with Crippen LogP contribution in [0.15, 0.2) is 72.3 Å².